The number of nitrogens with one attached hydrogen (secondary N) is 2. The summed E-state index contributed by atoms with van der Waals surface area (Å²) in [5.74, 6) is -0.626. The summed E-state index contributed by atoms with van der Waals surface area (Å²) in [6.07, 6.45) is 3.30. The summed E-state index contributed by atoms with van der Waals surface area (Å²) < 4.78 is 31.0. The van der Waals surface area contributed by atoms with Crippen LogP contribution in [0.15, 0.2) is 47.1 Å². The lowest BCUT2D eigenvalue weighted by Crippen LogP contribution is -2.44. The van der Waals surface area contributed by atoms with Crippen LogP contribution in [0.5, 0.6) is 0 Å². The van der Waals surface area contributed by atoms with E-state index in [0.29, 0.717) is 37.2 Å². The average molecular weight is 420 g/mol. The first-order valence-electron chi connectivity index (χ1n) is 9.62. The molecule has 8 nitrogen and oxygen atoms in total. The highest BCUT2D eigenvalue weighted by Gasteiger charge is 2.31. The number of hydrogen-bond donors (Lipinski definition) is 2. The maximum absolute atomic E-state index is 12.6. The van der Waals surface area contributed by atoms with Crippen LogP contribution in [-0.2, 0) is 14.8 Å². The Kier molecular flexibility index (Phi) is 6.71. The van der Waals surface area contributed by atoms with Gasteiger partial charge in [-0.15, -0.1) is 0 Å². The van der Waals surface area contributed by atoms with Gasteiger partial charge in [0.15, 0.2) is 5.76 Å². The molecule has 0 saturated carbocycles. The zero-order chi connectivity index (χ0) is 20.9. The van der Waals surface area contributed by atoms with Crippen molar-refractivity contribution in [1.29, 1.82) is 0 Å². The fourth-order valence-corrected chi connectivity index (χ4v) is 4.87. The van der Waals surface area contributed by atoms with Crippen molar-refractivity contribution in [2.45, 2.75) is 26.2 Å². The third-order valence-electron chi connectivity index (χ3n) is 4.77. The van der Waals surface area contributed by atoms with Gasteiger partial charge in [0.2, 0.25) is 15.9 Å². The Bertz CT molecular complexity index is 939. The summed E-state index contributed by atoms with van der Waals surface area (Å²) in [6.45, 7) is 2.51. The zero-order valence-electron chi connectivity index (χ0n) is 16.3. The van der Waals surface area contributed by atoms with Gasteiger partial charge in [0.1, 0.15) is 0 Å². The molecular weight excluding hydrogens is 394 g/mol. The first-order valence-corrected chi connectivity index (χ1v) is 11.2. The number of carbonyl (C=O) groups is 2. The highest BCUT2D eigenvalue weighted by atomic mass is 32.2. The standard InChI is InChI=1S/C20H25N3O5S/c1-2-13-29(26,27)23-11-3-5-15(14-23)19(24)21-16-7-9-17(10-8-16)22-20(25)18-6-4-12-28-18/h4,6-10,12,15H,2-3,5,11,13-14H2,1H3,(H,21,24)(H,22,25)/t15-/m1/s1. The van der Waals surface area contributed by atoms with Crippen LogP contribution >= 0.6 is 0 Å². The normalized spacial score (nSPS) is 17.6. The maximum atomic E-state index is 12.6. The number of benzene rings is 1. The summed E-state index contributed by atoms with van der Waals surface area (Å²) in [7, 11) is -3.30. The molecule has 2 N–H and O–H groups in total. The lowest BCUT2D eigenvalue weighted by molar-refractivity contribution is -0.120. The van der Waals surface area contributed by atoms with Gasteiger partial charge >= 0.3 is 0 Å². The fourth-order valence-electron chi connectivity index (χ4n) is 3.28. The molecule has 0 radical (unpaired) electrons. The topological polar surface area (TPSA) is 109 Å². The molecule has 156 valence electrons. The SMILES string of the molecule is CCCS(=O)(=O)N1CCC[C@@H](C(=O)Nc2ccc(NC(=O)c3ccco3)cc2)C1. The molecule has 3 rings (SSSR count). The third kappa shape index (κ3) is 5.45. The van der Waals surface area contributed by atoms with E-state index in [9.17, 15) is 18.0 Å². The maximum Gasteiger partial charge on any atom is 0.291 e. The Morgan fingerprint density at radius 1 is 1.14 bits per heavy atom. The molecule has 0 spiro atoms. The van der Waals surface area contributed by atoms with Crippen molar-refractivity contribution in [2.75, 3.05) is 29.5 Å². The van der Waals surface area contributed by atoms with Crippen molar-refractivity contribution in [3.63, 3.8) is 0 Å². The lowest BCUT2D eigenvalue weighted by Gasteiger charge is -2.31. The number of amides is 2. The van der Waals surface area contributed by atoms with Crippen molar-refractivity contribution in [3.8, 4) is 0 Å². The minimum absolute atomic E-state index is 0.104. The summed E-state index contributed by atoms with van der Waals surface area (Å²) in [5.41, 5.74) is 1.15. The molecule has 1 saturated heterocycles. The van der Waals surface area contributed by atoms with Gasteiger partial charge in [0.05, 0.1) is 17.9 Å². The third-order valence-corrected chi connectivity index (χ3v) is 6.81. The van der Waals surface area contributed by atoms with Crippen LogP contribution in [-0.4, -0.2) is 43.4 Å². The van der Waals surface area contributed by atoms with Crippen LogP contribution in [0.2, 0.25) is 0 Å². The fraction of sp³-hybridized carbons (Fsp3) is 0.400. The number of piperidine rings is 1. The monoisotopic (exact) mass is 419 g/mol. The van der Waals surface area contributed by atoms with Gasteiger partial charge in [0.25, 0.3) is 5.91 Å². The number of furan rings is 1. The predicted octanol–water partition coefficient (Wildman–Crippen LogP) is 2.92. The van der Waals surface area contributed by atoms with Gasteiger partial charge in [-0.1, -0.05) is 6.92 Å². The van der Waals surface area contributed by atoms with E-state index in [0.717, 1.165) is 0 Å². The molecule has 1 aromatic carbocycles. The molecule has 29 heavy (non-hydrogen) atoms. The molecule has 1 atom stereocenters. The van der Waals surface area contributed by atoms with Gasteiger partial charge in [-0.3, -0.25) is 9.59 Å². The quantitative estimate of drug-likeness (QED) is 0.717. The van der Waals surface area contributed by atoms with E-state index >= 15 is 0 Å². The van der Waals surface area contributed by atoms with Gasteiger partial charge in [-0.05, 0) is 55.7 Å². The Balaban J connectivity index is 1.57. The van der Waals surface area contributed by atoms with Gasteiger partial charge < -0.3 is 15.1 Å². The summed E-state index contributed by atoms with van der Waals surface area (Å²) in [5, 5.41) is 5.54. The molecule has 0 unspecified atom stereocenters. The largest absolute Gasteiger partial charge is 0.459 e. The minimum Gasteiger partial charge on any atom is -0.459 e. The zero-order valence-corrected chi connectivity index (χ0v) is 17.1. The van der Waals surface area contributed by atoms with Crippen LogP contribution in [0.25, 0.3) is 0 Å². The second-order valence-corrected chi connectivity index (χ2v) is 9.10. The number of nitrogens with zero attached hydrogens (tertiary/aromatic N) is 1. The number of carbonyl (C=O) groups excluding carboxylic acids is 2. The molecule has 9 heteroatoms. The molecule has 1 fully saturated rings. The number of rotatable bonds is 7. The van der Waals surface area contributed by atoms with E-state index in [-0.39, 0.29) is 35.8 Å². The highest BCUT2D eigenvalue weighted by Crippen LogP contribution is 2.22. The van der Waals surface area contributed by atoms with Crippen LogP contribution in [0, 0.1) is 5.92 Å². The van der Waals surface area contributed by atoms with E-state index in [1.54, 1.807) is 36.4 Å². The second-order valence-electron chi connectivity index (χ2n) is 7.01. The summed E-state index contributed by atoms with van der Waals surface area (Å²) in [6, 6.07) is 9.92. The Labute approximate surface area is 170 Å². The molecule has 2 aromatic rings. The average Bonchev–Trinajstić information content (AvgIpc) is 3.24. The van der Waals surface area contributed by atoms with E-state index in [1.807, 2.05) is 6.92 Å². The van der Waals surface area contributed by atoms with Crippen molar-refractivity contribution < 1.29 is 22.4 Å². The van der Waals surface area contributed by atoms with Crippen molar-refractivity contribution >= 4 is 33.2 Å². The van der Waals surface area contributed by atoms with E-state index in [2.05, 4.69) is 10.6 Å². The van der Waals surface area contributed by atoms with Crippen molar-refractivity contribution in [3.05, 3.63) is 48.4 Å². The Morgan fingerprint density at radius 2 is 1.83 bits per heavy atom. The molecule has 1 aliphatic rings. The molecule has 1 aliphatic heterocycles. The number of anilines is 2. The minimum atomic E-state index is -3.30. The molecule has 1 aromatic heterocycles. The summed E-state index contributed by atoms with van der Waals surface area (Å²) >= 11 is 0. The van der Waals surface area contributed by atoms with E-state index in [1.165, 1.54) is 10.6 Å². The smallest absolute Gasteiger partial charge is 0.291 e. The second kappa shape index (κ2) is 9.23. The number of hydrogen-bond acceptors (Lipinski definition) is 5. The molecule has 2 heterocycles. The van der Waals surface area contributed by atoms with Gasteiger partial charge in [-0.2, -0.15) is 0 Å². The van der Waals surface area contributed by atoms with Gasteiger partial charge in [0, 0.05) is 24.5 Å². The van der Waals surface area contributed by atoms with Crippen LogP contribution in [0.4, 0.5) is 11.4 Å². The van der Waals surface area contributed by atoms with Gasteiger partial charge in [-0.25, -0.2) is 12.7 Å². The molecular formula is C20H25N3O5S. The van der Waals surface area contributed by atoms with Crippen LogP contribution in [0.3, 0.4) is 0 Å². The van der Waals surface area contributed by atoms with Crippen molar-refractivity contribution in [1.82, 2.24) is 4.31 Å². The highest BCUT2D eigenvalue weighted by molar-refractivity contribution is 7.89. The van der Waals surface area contributed by atoms with Crippen LogP contribution in [0.1, 0.15) is 36.7 Å². The predicted molar refractivity (Wildman–Crippen MR) is 110 cm³/mol. The molecule has 2 amide bonds. The van der Waals surface area contributed by atoms with Crippen LogP contribution < -0.4 is 10.6 Å². The molecule has 0 aliphatic carbocycles. The van der Waals surface area contributed by atoms with E-state index in [4.69, 9.17) is 4.42 Å². The Morgan fingerprint density at radius 3 is 2.45 bits per heavy atom. The Hall–Kier alpha value is -2.65. The van der Waals surface area contributed by atoms with Crippen molar-refractivity contribution in [2.24, 2.45) is 5.92 Å². The molecule has 0 bridgehead atoms. The number of sulfonamides is 1. The first kappa shape index (κ1) is 21.1. The summed E-state index contributed by atoms with van der Waals surface area (Å²) in [4.78, 5) is 24.6. The lowest BCUT2D eigenvalue weighted by atomic mass is 9.98. The first-order chi connectivity index (χ1) is 13.9. The van der Waals surface area contributed by atoms with E-state index < -0.39 is 10.0 Å².